The fourth-order valence-corrected chi connectivity index (χ4v) is 3.45. The Kier molecular flexibility index (Phi) is 6.31. The van der Waals surface area contributed by atoms with Crippen molar-refractivity contribution >= 4 is 48.4 Å². The molecule has 0 fully saturated rings. The fraction of sp³-hybridized carbons (Fsp3) is 0.111. The Labute approximate surface area is 171 Å². The highest BCUT2D eigenvalue weighted by atomic mass is 35.5. The highest BCUT2D eigenvalue weighted by molar-refractivity contribution is 7.42. The molecular weight excluding hydrogens is 420 g/mol. The smallest absolute Gasteiger partial charge is 0.324 e. The molecule has 1 N–H and O–H groups in total. The molecule has 0 aliphatic rings. The Balaban J connectivity index is 1.83. The number of hydrogen-bond acceptors (Lipinski definition) is 7. The molecule has 0 radical (unpaired) electrons. The zero-order valence-electron chi connectivity index (χ0n) is 15.1. The van der Waals surface area contributed by atoms with Gasteiger partial charge < -0.3 is 5.32 Å². The summed E-state index contributed by atoms with van der Waals surface area (Å²) in [6, 6.07) is 12.2. The molecule has 148 valence electrons. The Morgan fingerprint density at radius 1 is 1.28 bits per heavy atom. The van der Waals surface area contributed by atoms with Crippen LogP contribution in [-0.2, 0) is 10.7 Å². The molecular formula is C18H15ClFN5O3P+. The van der Waals surface area contributed by atoms with Gasteiger partial charge in [0.2, 0.25) is 11.8 Å². The van der Waals surface area contributed by atoms with Crippen LogP contribution in [-0.4, -0.2) is 21.6 Å². The van der Waals surface area contributed by atoms with E-state index >= 15 is 0 Å². The monoisotopic (exact) mass is 434 g/mol. The number of aromatic nitrogens is 2. The summed E-state index contributed by atoms with van der Waals surface area (Å²) in [4.78, 5) is 18.4. The van der Waals surface area contributed by atoms with Crippen molar-refractivity contribution in [2.75, 3.05) is 16.4 Å². The second-order valence-corrected chi connectivity index (χ2v) is 7.93. The van der Waals surface area contributed by atoms with Crippen molar-refractivity contribution in [1.82, 2.24) is 9.97 Å². The van der Waals surface area contributed by atoms with E-state index in [9.17, 15) is 19.1 Å². The summed E-state index contributed by atoms with van der Waals surface area (Å²) in [6.07, 6.45) is 1.90. The van der Waals surface area contributed by atoms with E-state index in [1.165, 1.54) is 16.7 Å². The summed E-state index contributed by atoms with van der Waals surface area (Å²) in [7, 11) is -1.33. The number of rotatable bonds is 7. The van der Waals surface area contributed by atoms with Gasteiger partial charge in [0, 0.05) is 41.4 Å². The molecule has 3 aromatic rings. The highest BCUT2D eigenvalue weighted by Crippen LogP contribution is 2.30. The lowest BCUT2D eigenvalue weighted by Crippen LogP contribution is -2.07. The molecule has 1 atom stereocenters. The zero-order valence-corrected chi connectivity index (χ0v) is 16.8. The van der Waals surface area contributed by atoms with Gasteiger partial charge in [0.1, 0.15) is 6.66 Å². The van der Waals surface area contributed by atoms with Crippen LogP contribution in [0.4, 0.5) is 33.2 Å². The van der Waals surface area contributed by atoms with E-state index in [0.29, 0.717) is 17.7 Å². The molecule has 0 saturated carbocycles. The van der Waals surface area contributed by atoms with Gasteiger partial charge in [-0.25, -0.2) is 9.40 Å². The van der Waals surface area contributed by atoms with Crippen LogP contribution >= 0.6 is 19.6 Å². The minimum atomic E-state index is -1.33. The minimum Gasteiger partial charge on any atom is -0.324 e. The summed E-state index contributed by atoms with van der Waals surface area (Å²) in [5, 5.41) is 13.7. The molecule has 0 bridgehead atoms. The molecule has 0 spiro atoms. The maximum atomic E-state index is 13.5. The van der Waals surface area contributed by atoms with E-state index in [0.717, 1.165) is 17.7 Å². The third kappa shape index (κ3) is 5.22. The number of nitro groups is 1. The molecule has 0 saturated heterocycles. The SMILES string of the molecule is C[P+](=O)Cc1cccc(N(Cl)c2ccnc(Nc3ccc(F)c([N+](=O)[O-])c3)n2)c1. The lowest BCUT2D eigenvalue weighted by Gasteiger charge is -2.16. The molecule has 0 amide bonds. The van der Waals surface area contributed by atoms with Crippen LogP contribution < -0.4 is 9.74 Å². The second kappa shape index (κ2) is 8.89. The second-order valence-electron chi connectivity index (χ2n) is 6.02. The lowest BCUT2D eigenvalue weighted by atomic mass is 10.2. The molecule has 3 rings (SSSR count). The first-order valence-electron chi connectivity index (χ1n) is 8.30. The molecule has 1 aromatic heterocycles. The van der Waals surface area contributed by atoms with Crippen molar-refractivity contribution in [3.8, 4) is 0 Å². The quantitative estimate of drug-likeness (QED) is 0.226. The lowest BCUT2D eigenvalue weighted by molar-refractivity contribution is -0.387. The topological polar surface area (TPSA) is 101 Å². The largest absolute Gasteiger partial charge is 0.340 e. The van der Waals surface area contributed by atoms with Crippen LogP contribution in [0.25, 0.3) is 0 Å². The molecule has 0 aliphatic heterocycles. The number of nitrogens with zero attached hydrogens (tertiary/aromatic N) is 4. The van der Waals surface area contributed by atoms with Crippen LogP contribution in [0.2, 0.25) is 0 Å². The standard InChI is InChI=1S/C18H15ClFN5O3P/c1-29(28)11-12-3-2-4-14(9-12)24(19)17-7-8-21-18(23-17)22-13-5-6-15(20)16(10-13)25(26)27/h2-10H,11H2,1H3,(H,21,22,23)/q+1. The fourth-order valence-electron chi connectivity index (χ4n) is 2.54. The van der Waals surface area contributed by atoms with E-state index in [1.54, 1.807) is 24.9 Å². The Morgan fingerprint density at radius 2 is 2.07 bits per heavy atom. The van der Waals surface area contributed by atoms with Gasteiger partial charge >= 0.3 is 13.5 Å². The van der Waals surface area contributed by atoms with E-state index < -0.39 is 24.2 Å². The van der Waals surface area contributed by atoms with E-state index in [1.807, 2.05) is 12.1 Å². The van der Waals surface area contributed by atoms with E-state index in [-0.39, 0.29) is 11.6 Å². The summed E-state index contributed by atoms with van der Waals surface area (Å²) in [6.45, 7) is 1.66. The molecule has 29 heavy (non-hydrogen) atoms. The first-order valence-corrected chi connectivity index (χ1v) is 10.5. The average molecular weight is 435 g/mol. The summed E-state index contributed by atoms with van der Waals surface area (Å²) < 4.78 is 26.3. The van der Waals surface area contributed by atoms with Crippen molar-refractivity contribution in [3.05, 3.63) is 76.2 Å². The van der Waals surface area contributed by atoms with Crippen LogP contribution in [0.3, 0.4) is 0 Å². The third-order valence-corrected chi connectivity index (χ3v) is 4.96. The molecule has 2 aromatic carbocycles. The first-order chi connectivity index (χ1) is 13.8. The molecule has 1 unspecified atom stereocenters. The van der Waals surface area contributed by atoms with Gasteiger partial charge in [-0.1, -0.05) is 16.7 Å². The Hall–Kier alpha value is -3.16. The van der Waals surface area contributed by atoms with Crippen molar-refractivity contribution in [3.63, 3.8) is 0 Å². The van der Waals surface area contributed by atoms with Crippen molar-refractivity contribution in [2.45, 2.75) is 6.16 Å². The van der Waals surface area contributed by atoms with E-state index in [4.69, 9.17) is 11.8 Å². The van der Waals surface area contributed by atoms with E-state index in [2.05, 4.69) is 15.3 Å². The van der Waals surface area contributed by atoms with Crippen LogP contribution in [0, 0.1) is 15.9 Å². The van der Waals surface area contributed by atoms with Gasteiger partial charge in [-0.2, -0.15) is 9.37 Å². The van der Waals surface area contributed by atoms with Crippen molar-refractivity contribution < 1.29 is 13.9 Å². The Morgan fingerprint density at radius 3 is 2.79 bits per heavy atom. The maximum absolute atomic E-state index is 13.5. The summed E-state index contributed by atoms with van der Waals surface area (Å²) in [5.41, 5.74) is 1.10. The predicted molar refractivity (Wildman–Crippen MR) is 110 cm³/mol. The molecule has 1 heterocycles. The summed E-state index contributed by atoms with van der Waals surface area (Å²) in [5.74, 6) is -0.462. The molecule has 11 heteroatoms. The Bertz CT molecular complexity index is 1080. The van der Waals surface area contributed by atoms with Crippen LogP contribution in [0.1, 0.15) is 5.56 Å². The number of nitro benzene ring substituents is 1. The van der Waals surface area contributed by atoms with Crippen molar-refractivity contribution in [1.29, 1.82) is 0 Å². The number of benzene rings is 2. The van der Waals surface area contributed by atoms with Gasteiger partial charge in [-0.3, -0.25) is 10.1 Å². The average Bonchev–Trinajstić information content (AvgIpc) is 2.68. The van der Waals surface area contributed by atoms with Gasteiger partial charge in [0.25, 0.3) is 0 Å². The van der Waals surface area contributed by atoms with Crippen LogP contribution in [0.15, 0.2) is 54.7 Å². The normalized spacial score (nSPS) is 11.1. The van der Waals surface area contributed by atoms with Crippen molar-refractivity contribution in [2.24, 2.45) is 0 Å². The predicted octanol–water partition coefficient (Wildman–Crippen LogP) is 5.52. The first kappa shape index (κ1) is 20.6. The number of anilines is 4. The molecule has 8 nitrogen and oxygen atoms in total. The minimum absolute atomic E-state index is 0.127. The molecule has 0 aliphatic carbocycles. The zero-order chi connectivity index (χ0) is 21.0. The maximum Gasteiger partial charge on any atom is 0.340 e. The van der Waals surface area contributed by atoms with Gasteiger partial charge in [-0.05, 0) is 24.3 Å². The van der Waals surface area contributed by atoms with Gasteiger partial charge in [-0.15, -0.1) is 0 Å². The van der Waals surface area contributed by atoms with Gasteiger partial charge in [0.15, 0.2) is 12.0 Å². The van der Waals surface area contributed by atoms with Gasteiger partial charge in [0.05, 0.1) is 10.6 Å². The highest BCUT2D eigenvalue weighted by Gasteiger charge is 2.16. The number of hydrogen-bond donors (Lipinski definition) is 1. The summed E-state index contributed by atoms with van der Waals surface area (Å²) >= 11 is 6.41. The van der Waals surface area contributed by atoms with Crippen LogP contribution in [0.5, 0.6) is 0 Å². The number of nitrogens with one attached hydrogen (secondary N) is 1. The third-order valence-electron chi connectivity index (χ3n) is 3.78. The number of halogens is 2.